The van der Waals surface area contributed by atoms with Gasteiger partial charge < -0.3 is 14.8 Å². The Bertz CT molecular complexity index is 1390. The molecule has 2 heterocycles. The van der Waals surface area contributed by atoms with Crippen molar-refractivity contribution in [2.45, 2.75) is 43.4 Å². The minimum atomic E-state index is -4.94. The Labute approximate surface area is 235 Å². The van der Waals surface area contributed by atoms with E-state index in [1.807, 2.05) is 83.8 Å². The van der Waals surface area contributed by atoms with E-state index in [-0.39, 0.29) is 12.1 Å². The van der Waals surface area contributed by atoms with Gasteiger partial charge in [0.2, 0.25) is 0 Å². The first-order valence-electron chi connectivity index (χ1n) is 13.3. The van der Waals surface area contributed by atoms with Crippen LogP contribution in [0.15, 0.2) is 103 Å². The highest BCUT2D eigenvalue weighted by molar-refractivity contribution is 5.62. The summed E-state index contributed by atoms with van der Waals surface area (Å²) in [5, 5.41) is 3.58. The van der Waals surface area contributed by atoms with Crippen LogP contribution >= 0.6 is 0 Å². The highest BCUT2D eigenvalue weighted by Crippen LogP contribution is 2.38. The van der Waals surface area contributed by atoms with Crippen molar-refractivity contribution in [2.24, 2.45) is 0 Å². The smallest absolute Gasteiger partial charge is 0.406 e. The summed E-state index contributed by atoms with van der Waals surface area (Å²) >= 11 is 0. The molecule has 1 aliphatic heterocycles. The van der Waals surface area contributed by atoms with Crippen molar-refractivity contribution in [2.75, 3.05) is 6.54 Å². The van der Waals surface area contributed by atoms with E-state index in [0.717, 1.165) is 35.2 Å². The Morgan fingerprint density at radius 2 is 1.61 bits per heavy atom. The van der Waals surface area contributed by atoms with E-state index in [1.165, 1.54) is 6.07 Å². The van der Waals surface area contributed by atoms with Gasteiger partial charge in [-0.05, 0) is 35.7 Å². The first-order chi connectivity index (χ1) is 19.8. The van der Waals surface area contributed by atoms with Crippen LogP contribution in [0.3, 0.4) is 0 Å². The maximum atomic E-state index is 15.4. The van der Waals surface area contributed by atoms with Gasteiger partial charge in [-0.1, -0.05) is 72.8 Å². The maximum Gasteiger partial charge on any atom is 0.573 e. The molecule has 3 aromatic carbocycles. The van der Waals surface area contributed by atoms with Gasteiger partial charge in [0.05, 0.1) is 17.6 Å². The zero-order chi connectivity index (χ0) is 28.9. The van der Waals surface area contributed by atoms with Crippen LogP contribution in [0.1, 0.15) is 28.4 Å². The van der Waals surface area contributed by atoms with E-state index in [2.05, 4.69) is 15.0 Å². The fourth-order valence-electron chi connectivity index (χ4n) is 5.69. The molecule has 1 N–H and O–H groups in total. The lowest BCUT2D eigenvalue weighted by molar-refractivity contribution is -0.274. The number of ether oxygens (including phenoxy) is 1. The van der Waals surface area contributed by atoms with Crippen molar-refractivity contribution >= 4 is 6.29 Å². The molecule has 0 spiro atoms. The van der Waals surface area contributed by atoms with E-state index >= 15 is 4.39 Å². The van der Waals surface area contributed by atoms with Gasteiger partial charge >= 0.3 is 6.36 Å². The number of halogens is 4. The Morgan fingerprint density at radius 1 is 0.927 bits per heavy atom. The molecule has 1 fully saturated rings. The van der Waals surface area contributed by atoms with Crippen LogP contribution in [0.2, 0.25) is 0 Å². The van der Waals surface area contributed by atoms with Crippen molar-refractivity contribution in [3.05, 3.63) is 131 Å². The van der Waals surface area contributed by atoms with Crippen molar-refractivity contribution in [1.29, 1.82) is 0 Å². The standard InChI is InChI=1S/C32H29F4N3O2/c33-28-17-26(41-32(34,35)36)14-15-27(28)29-20-38-31(18-23-9-3-1-4-10-23,19-25-13-7-8-16-37-25)30(22-40)39(29)21-24-11-5-2-6-12-24/h1-17,22,29-30,38H,18-21H2. The number of carbonyl (C=O) groups excluding carboxylic acids is 1. The summed E-state index contributed by atoms with van der Waals surface area (Å²) in [6.45, 7) is 0.558. The second-order valence-corrected chi connectivity index (χ2v) is 10.2. The fourth-order valence-corrected chi connectivity index (χ4v) is 5.69. The van der Waals surface area contributed by atoms with Crippen LogP contribution in [0.25, 0.3) is 0 Å². The third kappa shape index (κ3) is 6.81. The Hall–Kier alpha value is -4.08. The van der Waals surface area contributed by atoms with Crippen molar-refractivity contribution in [3.63, 3.8) is 0 Å². The first-order valence-corrected chi connectivity index (χ1v) is 13.3. The molecule has 0 radical (unpaired) electrons. The summed E-state index contributed by atoms with van der Waals surface area (Å²) in [6.07, 6.45) is -1.44. The number of pyridine rings is 1. The summed E-state index contributed by atoms with van der Waals surface area (Å²) in [4.78, 5) is 19.6. The van der Waals surface area contributed by atoms with Crippen LogP contribution in [0, 0.1) is 5.82 Å². The van der Waals surface area contributed by atoms with Crippen molar-refractivity contribution in [1.82, 2.24) is 15.2 Å². The molecular weight excluding hydrogens is 534 g/mol. The first kappa shape index (κ1) is 28.4. The average Bonchev–Trinajstić information content (AvgIpc) is 2.95. The molecule has 5 nitrogen and oxygen atoms in total. The minimum Gasteiger partial charge on any atom is -0.406 e. The molecule has 1 aromatic heterocycles. The molecule has 0 amide bonds. The van der Waals surface area contributed by atoms with Gasteiger partial charge in [0.15, 0.2) is 0 Å². The van der Waals surface area contributed by atoms with Gasteiger partial charge in [0.1, 0.15) is 17.9 Å². The molecule has 3 unspecified atom stereocenters. The number of benzene rings is 3. The number of piperazine rings is 1. The van der Waals surface area contributed by atoms with Crippen molar-refractivity contribution in [3.8, 4) is 5.75 Å². The van der Waals surface area contributed by atoms with E-state index in [4.69, 9.17) is 0 Å². The molecule has 1 saturated heterocycles. The lowest BCUT2D eigenvalue weighted by Crippen LogP contribution is -2.70. The molecular formula is C32H29F4N3O2. The number of aromatic nitrogens is 1. The quantitative estimate of drug-likeness (QED) is 0.198. The van der Waals surface area contributed by atoms with Gasteiger partial charge in [-0.2, -0.15) is 0 Å². The zero-order valence-corrected chi connectivity index (χ0v) is 22.1. The van der Waals surface area contributed by atoms with Crippen LogP contribution in [0.4, 0.5) is 17.6 Å². The Balaban J connectivity index is 1.58. The number of alkyl halides is 3. The summed E-state index contributed by atoms with van der Waals surface area (Å²) in [7, 11) is 0. The van der Waals surface area contributed by atoms with Gasteiger partial charge in [-0.15, -0.1) is 13.2 Å². The van der Waals surface area contributed by atoms with E-state index < -0.39 is 35.6 Å². The topological polar surface area (TPSA) is 54.5 Å². The average molecular weight is 564 g/mol. The summed E-state index contributed by atoms with van der Waals surface area (Å²) < 4.78 is 57.7. The lowest BCUT2D eigenvalue weighted by atomic mass is 9.76. The van der Waals surface area contributed by atoms with E-state index in [0.29, 0.717) is 19.4 Å². The highest BCUT2D eigenvalue weighted by atomic mass is 19.4. The second kappa shape index (κ2) is 12.2. The van der Waals surface area contributed by atoms with Crippen LogP contribution in [0.5, 0.6) is 5.75 Å². The number of aldehydes is 1. The number of carbonyl (C=O) groups is 1. The summed E-state index contributed by atoms with van der Waals surface area (Å²) in [5.41, 5.74) is 2.08. The SMILES string of the molecule is O=CC1N(Cc2ccccc2)C(c2ccc(OC(F)(F)F)cc2F)CNC1(Cc1ccccc1)Cc1ccccn1. The molecule has 0 saturated carbocycles. The molecule has 9 heteroatoms. The molecule has 1 aliphatic rings. The zero-order valence-electron chi connectivity index (χ0n) is 22.1. The van der Waals surface area contributed by atoms with Gasteiger partial charge in [0.25, 0.3) is 0 Å². The number of hydrogen-bond donors (Lipinski definition) is 1. The predicted molar refractivity (Wildman–Crippen MR) is 146 cm³/mol. The third-order valence-corrected chi connectivity index (χ3v) is 7.46. The van der Waals surface area contributed by atoms with Crippen LogP contribution in [-0.4, -0.2) is 40.7 Å². The summed E-state index contributed by atoms with van der Waals surface area (Å²) in [5.74, 6) is -1.49. The normalized spacial score (nSPS) is 21.4. The Morgan fingerprint density at radius 3 is 2.22 bits per heavy atom. The van der Waals surface area contributed by atoms with E-state index in [1.54, 1.807) is 6.20 Å². The number of hydrogen-bond acceptors (Lipinski definition) is 5. The van der Waals surface area contributed by atoms with Crippen molar-refractivity contribution < 1.29 is 27.1 Å². The van der Waals surface area contributed by atoms with E-state index in [9.17, 15) is 18.0 Å². The monoisotopic (exact) mass is 563 g/mol. The fraction of sp³-hybridized carbons (Fsp3) is 0.250. The molecule has 3 atom stereocenters. The van der Waals surface area contributed by atoms with Gasteiger partial charge in [0, 0.05) is 43.0 Å². The second-order valence-electron chi connectivity index (χ2n) is 10.2. The number of nitrogens with zero attached hydrogens (tertiary/aromatic N) is 2. The molecule has 4 aromatic rings. The molecule has 41 heavy (non-hydrogen) atoms. The van der Waals surface area contributed by atoms with Crippen LogP contribution in [-0.2, 0) is 24.2 Å². The largest absolute Gasteiger partial charge is 0.573 e. The highest BCUT2D eigenvalue weighted by Gasteiger charge is 2.49. The minimum absolute atomic E-state index is 0.168. The summed E-state index contributed by atoms with van der Waals surface area (Å²) in [6, 6.07) is 26.7. The maximum absolute atomic E-state index is 15.4. The molecule has 212 valence electrons. The molecule has 5 rings (SSSR count). The lowest BCUT2D eigenvalue weighted by Gasteiger charge is -2.52. The third-order valence-electron chi connectivity index (χ3n) is 7.46. The predicted octanol–water partition coefficient (Wildman–Crippen LogP) is 6.06. The number of nitrogens with one attached hydrogen (secondary N) is 1. The molecule has 0 aliphatic carbocycles. The number of rotatable bonds is 9. The van der Waals surface area contributed by atoms with Gasteiger partial charge in [-0.25, -0.2) is 4.39 Å². The molecule has 0 bridgehead atoms. The Kier molecular flexibility index (Phi) is 8.46. The van der Waals surface area contributed by atoms with Gasteiger partial charge in [-0.3, -0.25) is 9.88 Å². The van der Waals surface area contributed by atoms with Crippen LogP contribution < -0.4 is 10.1 Å².